The Bertz CT molecular complexity index is 2640. The van der Waals surface area contributed by atoms with Crippen LogP contribution < -0.4 is 16.0 Å². The van der Waals surface area contributed by atoms with Crippen molar-refractivity contribution in [2.45, 2.75) is 92.1 Å². The Labute approximate surface area is 415 Å². The van der Waals surface area contributed by atoms with Gasteiger partial charge in [0, 0.05) is 47.1 Å². The normalized spacial score (nSPS) is 17.1. The summed E-state index contributed by atoms with van der Waals surface area (Å²) in [5.74, 6) is -0.231. The van der Waals surface area contributed by atoms with E-state index in [1.165, 1.54) is 4.90 Å². The van der Waals surface area contributed by atoms with Crippen molar-refractivity contribution in [3.05, 3.63) is 104 Å². The molecule has 0 bridgehead atoms. The molecule has 20 heteroatoms. The number of likely N-dealkylation sites (tertiary alicyclic amines) is 1. The van der Waals surface area contributed by atoms with Crippen LogP contribution in [0.1, 0.15) is 84.1 Å². The lowest BCUT2D eigenvalue weighted by Gasteiger charge is -2.35. The summed E-state index contributed by atoms with van der Waals surface area (Å²) in [6.45, 7) is 14.8. The number of amides is 4. The molecule has 0 aliphatic carbocycles. The minimum atomic E-state index is -0.984. The summed E-state index contributed by atoms with van der Waals surface area (Å²) >= 11 is 9.45. The van der Waals surface area contributed by atoms with E-state index in [-0.39, 0.29) is 83.9 Å². The van der Waals surface area contributed by atoms with Crippen LogP contribution in [0.15, 0.2) is 59.0 Å². The fraction of sp³-hybridized carbons (Fsp3) is 0.469. The lowest BCUT2D eigenvalue weighted by atomic mass is 9.85. The summed E-state index contributed by atoms with van der Waals surface area (Å²) < 4.78 is 18.8. The predicted octanol–water partition coefficient (Wildman–Crippen LogP) is 5.60. The Morgan fingerprint density at radius 2 is 1.57 bits per heavy atom. The number of aliphatic imine (C=N–C) groups is 1. The summed E-state index contributed by atoms with van der Waals surface area (Å²) in [4.78, 5) is 66.8. The van der Waals surface area contributed by atoms with Crippen molar-refractivity contribution in [3.63, 3.8) is 0 Å². The molecule has 0 spiro atoms. The first kappa shape index (κ1) is 51.4. The van der Waals surface area contributed by atoms with Crippen molar-refractivity contribution in [1.82, 2.24) is 40.6 Å². The van der Waals surface area contributed by atoms with E-state index in [0.717, 1.165) is 54.0 Å². The van der Waals surface area contributed by atoms with Crippen LogP contribution in [0.5, 0.6) is 0 Å². The number of rotatable bonds is 20. The molecule has 3 aromatic heterocycles. The zero-order chi connectivity index (χ0) is 49.4. The Morgan fingerprint density at radius 1 is 0.884 bits per heavy atom. The molecule has 4 atom stereocenters. The number of fused-ring (bicyclic) bond motifs is 3. The van der Waals surface area contributed by atoms with Crippen LogP contribution >= 0.6 is 34.3 Å². The van der Waals surface area contributed by atoms with Crippen LogP contribution in [-0.2, 0) is 39.9 Å². The van der Waals surface area contributed by atoms with E-state index >= 15 is 0 Å². The number of nitrogens with zero attached hydrogens (tertiary/aromatic N) is 6. The standard InChI is InChI=1S/C49H60ClN9O8S2/c1-28-30(3)69-48-41(28)42(33-12-14-35(50)15-13-33)54-37(45-57-56-31(4)59(45)48)23-39(61)51-16-17-65-18-19-66-20-21-67-26-40(62)55-44(49(5,6)7)47(64)58-25-36(60)22-38(58)46(63)52-24-32-8-10-34(11-9-32)43-29(2)53-27-68-43/h8-15,27,36-38,44,60H,16-26H2,1-7H3,(H,51,61)(H,52,63)(H,55,62). The fourth-order valence-electron chi connectivity index (χ4n) is 8.23. The zero-order valence-electron chi connectivity index (χ0n) is 40.0. The van der Waals surface area contributed by atoms with E-state index < -0.39 is 41.5 Å². The van der Waals surface area contributed by atoms with Gasteiger partial charge in [0.25, 0.3) is 0 Å². The van der Waals surface area contributed by atoms with E-state index in [4.69, 9.17) is 30.8 Å². The molecule has 2 aliphatic rings. The van der Waals surface area contributed by atoms with Crippen LogP contribution in [0, 0.1) is 33.1 Å². The number of β-amino-alcohol motifs (C(OH)–C–C–N with tert-alkyl or cyclic N) is 1. The first-order valence-corrected chi connectivity index (χ1v) is 25.0. The minimum Gasteiger partial charge on any atom is -0.391 e. The summed E-state index contributed by atoms with van der Waals surface area (Å²) in [6, 6.07) is 12.9. The third-order valence-electron chi connectivity index (χ3n) is 12.0. The number of aryl methyl sites for hydroxylation is 3. The number of benzene rings is 2. The summed E-state index contributed by atoms with van der Waals surface area (Å²) in [5.41, 5.74) is 7.76. The maximum Gasteiger partial charge on any atom is 0.246 e. The molecule has 5 heterocycles. The number of aliphatic hydroxyl groups is 1. The minimum absolute atomic E-state index is 0.0281. The molecular weight excluding hydrogens is 942 g/mol. The van der Waals surface area contributed by atoms with Gasteiger partial charge in [-0.15, -0.1) is 32.9 Å². The highest BCUT2D eigenvalue weighted by atomic mass is 35.5. The summed E-state index contributed by atoms with van der Waals surface area (Å²) in [6.07, 6.45) is -0.737. The highest BCUT2D eigenvalue weighted by Gasteiger charge is 2.44. The third-order valence-corrected chi connectivity index (χ3v) is 14.4. The van der Waals surface area contributed by atoms with Crippen LogP contribution in [0.3, 0.4) is 0 Å². The number of hydrogen-bond donors (Lipinski definition) is 4. The maximum atomic E-state index is 14.0. The predicted molar refractivity (Wildman–Crippen MR) is 265 cm³/mol. The third kappa shape index (κ3) is 12.7. The number of halogens is 1. The summed E-state index contributed by atoms with van der Waals surface area (Å²) in [7, 11) is 0. The van der Waals surface area contributed by atoms with E-state index in [1.54, 1.807) is 22.7 Å². The lowest BCUT2D eigenvalue weighted by Crippen LogP contribution is -2.58. The number of thiophene rings is 1. The van der Waals surface area contributed by atoms with Crippen LogP contribution in [-0.4, -0.2) is 130 Å². The number of aliphatic hydroxyl groups excluding tert-OH is 1. The van der Waals surface area contributed by atoms with Gasteiger partial charge in [0.1, 0.15) is 35.6 Å². The number of carbonyl (C=O) groups is 4. The van der Waals surface area contributed by atoms with Gasteiger partial charge in [-0.3, -0.25) is 28.7 Å². The molecule has 5 aromatic rings. The first-order valence-electron chi connectivity index (χ1n) is 22.9. The average Bonchev–Trinajstić information content (AvgIpc) is 4.08. The van der Waals surface area contributed by atoms with Gasteiger partial charge >= 0.3 is 0 Å². The Hall–Kier alpha value is -5.41. The van der Waals surface area contributed by atoms with Crippen molar-refractivity contribution in [2.75, 3.05) is 52.7 Å². The van der Waals surface area contributed by atoms with Gasteiger partial charge in [-0.25, -0.2) is 4.98 Å². The topological polar surface area (TPSA) is 211 Å². The molecule has 4 unspecified atom stereocenters. The molecule has 2 aliphatic heterocycles. The van der Waals surface area contributed by atoms with Crippen molar-refractivity contribution in [1.29, 1.82) is 0 Å². The van der Waals surface area contributed by atoms with E-state index in [0.29, 0.717) is 16.7 Å². The Kier molecular flexibility index (Phi) is 17.2. The Balaban J connectivity index is 0.797. The fourth-order valence-corrected chi connectivity index (χ4v) is 10.4. The van der Waals surface area contributed by atoms with Crippen molar-refractivity contribution >= 4 is 63.6 Å². The van der Waals surface area contributed by atoms with Crippen LogP contribution in [0.2, 0.25) is 5.02 Å². The smallest absolute Gasteiger partial charge is 0.246 e. The van der Waals surface area contributed by atoms with Crippen molar-refractivity contribution < 1.29 is 38.5 Å². The first-order chi connectivity index (χ1) is 33.0. The van der Waals surface area contributed by atoms with Crippen molar-refractivity contribution in [2.24, 2.45) is 10.4 Å². The summed E-state index contributed by atoms with van der Waals surface area (Å²) in [5, 5.41) is 29.6. The monoisotopic (exact) mass is 1000 g/mol. The van der Waals surface area contributed by atoms with Gasteiger partial charge in [-0.05, 0) is 61.9 Å². The van der Waals surface area contributed by atoms with Gasteiger partial charge in [-0.2, -0.15) is 0 Å². The van der Waals surface area contributed by atoms with E-state index in [9.17, 15) is 24.3 Å². The molecule has 1 fully saturated rings. The van der Waals surface area contributed by atoms with Gasteiger partial charge < -0.3 is 40.2 Å². The lowest BCUT2D eigenvalue weighted by molar-refractivity contribution is -0.144. The molecule has 4 amide bonds. The highest BCUT2D eigenvalue weighted by molar-refractivity contribution is 7.15. The molecular formula is C49H60ClN9O8S2. The second kappa shape index (κ2) is 23.0. The molecule has 17 nitrogen and oxygen atoms in total. The van der Waals surface area contributed by atoms with Crippen molar-refractivity contribution in [3.8, 4) is 15.4 Å². The molecule has 2 aromatic carbocycles. The number of thiazole rings is 1. The average molecular weight is 1000 g/mol. The largest absolute Gasteiger partial charge is 0.391 e. The highest BCUT2D eigenvalue weighted by Crippen LogP contribution is 2.40. The second-order valence-corrected chi connectivity index (χ2v) is 20.7. The molecule has 1 saturated heterocycles. The number of aromatic nitrogens is 4. The SMILES string of the molecule is Cc1ncsc1-c1ccc(CNC(=O)C2CC(O)CN2C(=O)C(NC(=O)COCCOCCOCCNC(=O)CC2N=C(c3ccc(Cl)cc3)c3c(sc(C)c3C)-n3c(C)nnc32)C(C)(C)C)cc1. The molecule has 4 N–H and O–H groups in total. The molecule has 0 saturated carbocycles. The van der Waals surface area contributed by atoms with Gasteiger partial charge in [0.05, 0.1) is 67.4 Å². The Morgan fingerprint density at radius 3 is 2.25 bits per heavy atom. The van der Waals surface area contributed by atoms with Gasteiger partial charge in [-0.1, -0.05) is 68.8 Å². The quantitative estimate of drug-likeness (QED) is 0.0706. The van der Waals surface area contributed by atoms with E-state index in [2.05, 4.69) is 45.0 Å². The molecule has 69 heavy (non-hydrogen) atoms. The number of nitrogens with one attached hydrogen (secondary N) is 3. The van der Waals surface area contributed by atoms with Gasteiger partial charge in [0.2, 0.25) is 23.6 Å². The maximum absolute atomic E-state index is 14.0. The molecule has 368 valence electrons. The van der Waals surface area contributed by atoms with E-state index in [1.807, 2.05) is 93.2 Å². The second-order valence-electron chi connectivity index (χ2n) is 18.2. The number of carbonyl (C=O) groups excluding carboxylic acids is 4. The van der Waals surface area contributed by atoms with Crippen LogP contribution in [0.4, 0.5) is 0 Å². The number of ether oxygens (including phenoxy) is 3. The van der Waals surface area contributed by atoms with Crippen LogP contribution in [0.25, 0.3) is 15.4 Å². The van der Waals surface area contributed by atoms with Gasteiger partial charge in [0.15, 0.2) is 5.82 Å². The number of hydrogen-bond acceptors (Lipinski definition) is 14. The zero-order valence-corrected chi connectivity index (χ0v) is 42.4. The molecule has 7 rings (SSSR count). The molecule has 0 radical (unpaired) electrons.